The molecule has 0 bridgehead atoms. The van der Waals surface area contributed by atoms with Crippen LogP contribution in [0.5, 0.6) is 0 Å². The lowest BCUT2D eigenvalue weighted by molar-refractivity contribution is 0.0998. The van der Waals surface area contributed by atoms with Gasteiger partial charge >= 0.3 is 0 Å². The molecule has 146 valence electrons. The second kappa shape index (κ2) is 7.86. The fraction of sp³-hybridized carbons (Fsp3) is 0.318. The smallest absolute Gasteiger partial charge is 0.291 e. The van der Waals surface area contributed by atoms with Gasteiger partial charge in [-0.25, -0.2) is 0 Å². The van der Waals surface area contributed by atoms with Crippen LogP contribution in [-0.2, 0) is 0 Å². The molecule has 2 heterocycles. The number of para-hydroxylation sites is 3. The summed E-state index contributed by atoms with van der Waals surface area (Å²) in [7, 11) is 0. The summed E-state index contributed by atoms with van der Waals surface area (Å²) >= 11 is 6.22. The molecule has 4 rings (SSSR count). The summed E-state index contributed by atoms with van der Waals surface area (Å²) in [4.78, 5) is 17.7. The number of piperazine rings is 1. The number of anilines is 2. The van der Waals surface area contributed by atoms with Crippen molar-refractivity contribution < 1.29 is 9.21 Å². The highest BCUT2D eigenvalue weighted by atomic mass is 35.5. The fourth-order valence-electron chi connectivity index (χ4n) is 3.76. The Morgan fingerprint density at radius 1 is 1.11 bits per heavy atom. The van der Waals surface area contributed by atoms with Crippen molar-refractivity contribution in [1.29, 1.82) is 0 Å². The van der Waals surface area contributed by atoms with Crippen LogP contribution in [0, 0.1) is 6.92 Å². The van der Waals surface area contributed by atoms with Crippen LogP contribution in [-0.4, -0.2) is 43.5 Å². The van der Waals surface area contributed by atoms with Crippen molar-refractivity contribution in [3.63, 3.8) is 0 Å². The van der Waals surface area contributed by atoms with Gasteiger partial charge in [0.15, 0.2) is 11.3 Å². The van der Waals surface area contributed by atoms with Crippen molar-refractivity contribution >= 4 is 39.9 Å². The van der Waals surface area contributed by atoms with E-state index in [-0.39, 0.29) is 5.91 Å². The number of halogens is 1. The highest BCUT2D eigenvalue weighted by Gasteiger charge is 2.22. The molecule has 1 amide bonds. The van der Waals surface area contributed by atoms with Gasteiger partial charge in [0, 0.05) is 37.1 Å². The van der Waals surface area contributed by atoms with E-state index in [9.17, 15) is 4.79 Å². The molecule has 1 N–H and O–H groups in total. The van der Waals surface area contributed by atoms with Gasteiger partial charge in [0.1, 0.15) is 0 Å². The lowest BCUT2D eigenvalue weighted by atomic mass is 10.1. The van der Waals surface area contributed by atoms with E-state index in [1.807, 2.05) is 37.3 Å². The predicted molar refractivity (Wildman–Crippen MR) is 115 cm³/mol. The number of aryl methyl sites for hydroxylation is 1. The Balaban J connectivity index is 1.59. The summed E-state index contributed by atoms with van der Waals surface area (Å²) in [6.07, 6.45) is 0. The van der Waals surface area contributed by atoms with Crippen molar-refractivity contribution in [1.82, 2.24) is 4.90 Å². The zero-order chi connectivity index (χ0) is 19.7. The van der Waals surface area contributed by atoms with E-state index in [2.05, 4.69) is 28.1 Å². The maximum absolute atomic E-state index is 13.0. The minimum absolute atomic E-state index is 0.260. The first-order chi connectivity index (χ1) is 13.6. The van der Waals surface area contributed by atoms with Gasteiger partial charge in [-0.3, -0.25) is 4.79 Å². The van der Waals surface area contributed by atoms with Crippen LogP contribution in [0.3, 0.4) is 0 Å². The van der Waals surface area contributed by atoms with Crippen LogP contribution >= 0.6 is 11.6 Å². The van der Waals surface area contributed by atoms with Crippen LogP contribution in [0.25, 0.3) is 11.0 Å². The number of carbonyl (C=O) groups excluding carboxylic acids is 1. The van der Waals surface area contributed by atoms with Crippen molar-refractivity contribution in [2.75, 3.05) is 42.9 Å². The van der Waals surface area contributed by atoms with Crippen molar-refractivity contribution in [2.24, 2.45) is 0 Å². The van der Waals surface area contributed by atoms with E-state index in [0.717, 1.165) is 55.0 Å². The minimum atomic E-state index is -0.260. The molecule has 3 aromatic rings. The van der Waals surface area contributed by atoms with E-state index >= 15 is 0 Å². The summed E-state index contributed by atoms with van der Waals surface area (Å²) in [5.41, 5.74) is 3.18. The summed E-state index contributed by atoms with van der Waals surface area (Å²) in [6, 6.07) is 13.5. The largest absolute Gasteiger partial charge is 0.449 e. The second-order valence-electron chi connectivity index (χ2n) is 7.07. The van der Waals surface area contributed by atoms with Gasteiger partial charge in [-0.1, -0.05) is 42.8 Å². The number of rotatable bonds is 4. The first-order valence-corrected chi connectivity index (χ1v) is 10.0. The monoisotopic (exact) mass is 397 g/mol. The topological polar surface area (TPSA) is 48.7 Å². The van der Waals surface area contributed by atoms with E-state index in [4.69, 9.17) is 16.0 Å². The number of nitrogens with one attached hydrogen (secondary N) is 1. The molecule has 1 aliphatic rings. The van der Waals surface area contributed by atoms with E-state index in [1.54, 1.807) is 6.07 Å². The van der Waals surface area contributed by atoms with Crippen LogP contribution in [0.15, 0.2) is 46.9 Å². The molecule has 0 unspecified atom stereocenters. The highest BCUT2D eigenvalue weighted by molar-refractivity contribution is 6.35. The number of fused-ring (bicyclic) bond motifs is 1. The molecule has 2 aromatic carbocycles. The van der Waals surface area contributed by atoms with E-state index in [0.29, 0.717) is 16.4 Å². The summed E-state index contributed by atoms with van der Waals surface area (Å²) in [5.74, 6) is 0.0399. The molecular formula is C22H24ClN3O2. The maximum atomic E-state index is 13.0. The van der Waals surface area contributed by atoms with Crippen LogP contribution < -0.4 is 10.2 Å². The van der Waals surface area contributed by atoms with Crippen molar-refractivity contribution in [3.8, 4) is 0 Å². The Hall–Kier alpha value is -2.50. The highest BCUT2D eigenvalue weighted by Crippen LogP contribution is 2.32. The zero-order valence-electron chi connectivity index (χ0n) is 16.2. The summed E-state index contributed by atoms with van der Waals surface area (Å²) < 4.78 is 5.81. The van der Waals surface area contributed by atoms with Crippen LogP contribution in [0.4, 0.5) is 11.4 Å². The molecule has 0 spiro atoms. The summed E-state index contributed by atoms with van der Waals surface area (Å²) in [6.45, 7) is 9.08. The molecule has 28 heavy (non-hydrogen) atoms. The number of amides is 1. The average molecular weight is 398 g/mol. The first kappa shape index (κ1) is 18.8. The van der Waals surface area contributed by atoms with Crippen molar-refractivity contribution in [3.05, 3.63) is 58.8 Å². The van der Waals surface area contributed by atoms with Gasteiger partial charge < -0.3 is 19.5 Å². The number of benzene rings is 2. The number of hydrogen-bond acceptors (Lipinski definition) is 4. The third-order valence-electron chi connectivity index (χ3n) is 5.43. The normalized spacial score (nSPS) is 15.2. The van der Waals surface area contributed by atoms with Crippen molar-refractivity contribution in [2.45, 2.75) is 13.8 Å². The SMILES string of the molecule is CCN1CCN(c2ccccc2NC(=O)c2oc3c(Cl)cccc3c2C)CC1. The lowest BCUT2D eigenvalue weighted by Gasteiger charge is -2.36. The Morgan fingerprint density at radius 3 is 2.57 bits per heavy atom. The quantitative estimate of drug-likeness (QED) is 0.687. The number of hydrogen-bond donors (Lipinski definition) is 1. The zero-order valence-corrected chi connectivity index (χ0v) is 16.9. The Morgan fingerprint density at radius 2 is 1.86 bits per heavy atom. The Kier molecular flexibility index (Phi) is 5.29. The molecule has 1 aliphatic heterocycles. The van der Waals surface area contributed by atoms with E-state index < -0.39 is 0 Å². The lowest BCUT2D eigenvalue weighted by Crippen LogP contribution is -2.46. The Labute approximate surface area is 169 Å². The second-order valence-corrected chi connectivity index (χ2v) is 7.47. The number of carbonyl (C=O) groups is 1. The number of furan rings is 1. The molecule has 1 saturated heterocycles. The van der Waals surface area contributed by atoms with E-state index in [1.165, 1.54) is 0 Å². The number of nitrogens with zero attached hydrogens (tertiary/aromatic N) is 2. The molecular weight excluding hydrogens is 374 g/mol. The molecule has 0 radical (unpaired) electrons. The average Bonchev–Trinajstić information content (AvgIpc) is 3.07. The molecule has 0 saturated carbocycles. The van der Waals surface area contributed by atoms with Crippen LogP contribution in [0.2, 0.25) is 5.02 Å². The Bertz CT molecular complexity index is 1010. The molecule has 6 heteroatoms. The van der Waals surface area contributed by atoms with Gasteiger partial charge in [0.25, 0.3) is 5.91 Å². The third kappa shape index (κ3) is 3.48. The van der Waals surface area contributed by atoms with Gasteiger partial charge in [-0.15, -0.1) is 0 Å². The number of likely N-dealkylation sites (N-methyl/N-ethyl adjacent to an activating group) is 1. The molecule has 0 atom stereocenters. The maximum Gasteiger partial charge on any atom is 0.291 e. The summed E-state index contributed by atoms with van der Waals surface area (Å²) in [5, 5.41) is 4.41. The van der Waals surface area contributed by atoms with Gasteiger partial charge in [0.05, 0.1) is 16.4 Å². The molecule has 1 fully saturated rings. The molecule has 1 aromatic heterocycles. The van der Waals surface area contributed by atoms with Gasteiger partial charge in [-0.05, 0) is 31.7 Å². The standard InChI is InChI=1S/C22H24ClN3O2/c1-3-25-11-13-26(14-12-25)19-10-5-4-9-18(19)24-22(27)20-15(2)16-7-6-8-17(23)21(16)28-20/h4-10H,3,11-14H2,1-2H3,(H,24,27). The fourth-order valence-corrected chi connectivity index (χ4v) is 3.98. The van der Waals surface area contributed by atoms with Gasteiger partial charge in [0.2, 0.25) is 0 Å². The van der Waals surface area contributed by atoms with Gasteiger partial charge in [-0.2, -0.15) is 0 Å². The third-order valence-corrected chi connectivity index (χ3v) is 5.73. The predicted octanol–water partition coefficient (Wildman–Crippen LogP) is 4.79. The van der Waals surface area contributed by atoms with Crippen LogP contribution in [0.1, 0.15) is 23.0 Å². The molecule has 5 nitrogen and oxygen atoms in total. The first-order valence-electron chi connectivity index (χ1n) is 9.63. The molecule has 0 aliphatic carbocycles. The minimum Gasteiger partial charge on any atom is -0.449 e.